The Morgan fingerprint density at radius 3 is 2.37 bits per heavy atom. The van der Waals surface area contributed by atoms with Gasteiger partial charge in [0.1, 0.15) is 5.75 Å². The number of phenols is 1. The minimum Gasteiger partial charge on any atom is -0.507 e. The summed E-state index contributed by atoms with van der Waals surface area (Å²) < 4.78 is 23.3. The van der Waals surface area contributed by atoms with Crippen LogP contribution in [-0.4, -0.2) is 19.8 Å². The van der Waals surface area contributed by atoms with Crippen LogP contribution in [0.4, 0.5) is 0 Å². The van der Waals surface area contributed by atoms with E-state index >= 15 is 0 Å². The minimum atomic E-state index is -3.19. The molecule has 0 heterocycles. The van der Waals surface area contributed by atoms with Crippen LogP contribution in [0.25, 0.3) is 0 Å². The van der Waals surface area contributed by atoms with Gasteiger partial charge < -0.3 is 5.11 Å². The molecule has 0 aromatic heterocycles. The van der Waals surface area contributed by atoms with Crippen molar-refractivity contribution in [1.82, 2.24) is 0 Å². The lowest BCUT2D eigenvalue weighted by molar-refractivity contribution is 0.444. The lowest BCUT2D eigenvalue weighted by Crippen LogP contribution is -2.09. The van der Waals surface area contributed by atoms with Crippen LogP contribution in [-0.2, 0) is 9.84 Å². The maximum atomic E-state index is 11.7. The van der Waals surface area contributed by atoms with E-state index in [0.717, 1.165) is 12.0 Å². The molecule has 1 aromatic carbocycles. The van der Waals surface area contributed by atoms with E-state index in [9.17, 15) is 13.5 Å². The summed E-state index contributed by atoms with van der Waals surface area (Å²) >= 11 is 0. The zero-order chi connectivity index (χ0) is 14.2. The van der Waals surface area contributed by atoms with Gasteiger partial charge >= 0.3 is 0 Å². The fourth-order valence-electron chi connectivity index (χ4n) is 2.74. The first-order valence-electron chi connectivity index (χ1n) is 6.86. The zero-order valence-corrected chi connectivity index (χ0v) is 12.6. The highest BCUT2D eigenvalue weighted by molar-refractivity contribution is 7.90. The van der Waals surface area contributed by atoms with Gasteiger partial charge in [-0.2, -0.15) is 0 Å². The third-order valence-corrected chi connectivity index (χ3v) is 5.75. The van der Waals surface area contributed by atoms with Crippen LogP contribution in [0.15, 0.2) is 18.2 Å². The molecule has 1 fully saturated rings. The first-order chi connectivity index (χ1) is 8.86. The Kier molecular flexibility index (Phi) is 3.90. The fraction of sp³-hybridized carbons (Fsp3) is 0.600. The molecule has 0 aliphatic heterocycles. The summed E-state index contributed by atoms with van der Waals surface area (Å²) in [4.78, 5) is 0. The minimum absolute atomic E-state index is 0.180. The van der Waals surface area contributed by atoms with Gasteiger partial charge in [0.2, 0.25) is 0 Å². The van der Waals surface area contributed by atoms with Crippen molar-refractivity contribution in [3.8, 4) is 5.75 Å². The van der Waals surface area contributed by atoms with Gasteiger partial charge in [-0.05, 0) is 43.6 Å². The molecule has 4 heteroatoms. The van der Waals surface area contributed by atoms with E-state index in [1.54, 1.807) is 13.0 Å². The van der Waals surface area contributed by atoms with Crippen molar-refractivity contribution in [3.05, 3.63) is 29.3 Å². The number of benzene rings is 1. The third-order valence-electron chi connectivity index (χ3n) is 4.21. The molecular formula is C15H22O3S. The van der Waals surface area contributed by atoms with Gasteiger partial charge in [0.15, 0.2) is 9.84 Å². The Bertz CT molecular complexity index is 559. The SMILES string of the molecule is CCC(c1cccc(C(C)S(C)(=O)=O)c1O)C1CC1. The van der Waals surface area contributed by atoms with Crippen LogP contribution in [0.2, 0.25) is 0 Å². The van der Waals surface area contributed by atoms with E-state index in [1.165, 1.54) is 19.1 Å². The van der Waals surface area contributed by atoms with Crippen molar-refractivity contribution in [1.29, 1.82) is 0 Å². The van der Waals surface area contributed by atoms with E-state index < -0.39 is 15.1 Å². The number of sulfone groups is 1. The normalized spacial score (nSPS) is 19.1. The molecule has 0 bridgehead atoms. The van der Waals surface area contributed by atoms with Crippen LogP contribution < -0.4 is 0 Å². The molecule has 2 atom stereocenters. The molecule has 0 spiro atoms. The van der Waals surface area contributed by atoms with Crippen LogP contribution in [0, 0.1) is 5.92 Å². The number of hydrogen-bond acceptors (Lipinski definition) is 3. The average molecular weight is 282 g/mol. The average Bonchev–Trinajstić information content (AvgIpc) is 3.15. The van der Waals surface area contributed by atoms with Gasteiger partial charge in [0, 0.05) is 11.8 Å². The Balaban J connectivity index is 2.43. The van der Waals surface area contributed by atoms with E-state index in [2.05, 4.69) is 6.92 Å². The number of para-hydroxylation sites is 1. The number of phenolic OH excluding ortho intramolecular Hbond substituents is 1. The molecule has 0 radical (unpaired) electrons. The summed E-state index contributed by atoms with van der Waals surface area (Å²) in [6.07, 6.45) is 4.62. The van der Waals surface area contributed by atoms with Gasteiger partial charge in [0.25, 0.3) is 0 Å². The molecule has 1 aromatic rings. The summed E-state index contributed by atoms with van der Waals surface area (Å²) in [5.41, 5.74) is 1.44. The Morgan fingerprint density at radius 2 is 1.89 bits per heavy atom. The summed E-state index contributed by atoms with van der Waals surface area (Å²) in [5, 5.41) is 9.77. The second-order valence-corrected chi connectivity index (χ2v) is 7.98. The predicted molar refractivity (Wildman–Crippen MR) is 77.1 cm³/mol. The zero-order valence-electron chi connectivity index (χ0n) is 11.8. The largest absolute Gasteiger partial charge is 0.507 e. The molecule has 2 unspecified atom stereocenters. The van der Waals surface area contributed by atoms with Crippen LogP contribution in [0.3, 0.4) is 0 Å². The molecule has 0 saturated heterocycles. The summed E-state index contributed by atoms with van der Waals surface area (Å²) in [6, 6.07) is 5.50. The summed E-state index contributed by atoms with van der Waals surface area (Å²) in [5.74, 6) is 1.19. The monoisotopic (exact) mass is 282 g/mol. The van der Waals surface area contributed by atoms with Gasteiger partial charge in [-0.3, -0.25) is 0 Å². The molecule has 3 nitrogen and oxygen atoms in total. The van der Waals surface area contributed by atoms with Gasteiger partial charge in [-0.1, -0.05) is 25.1 Å². The Hall–Kier alpha value is -1.03. The lowest BCUT2D eigenvalue weighted by Gasteiger charge is -2.20. The molecular weight excluding hydrogens is 260 g/mol. The number of hydrogen-bond donors (Lipinski definition) is 1. The van der Waals surface area contributed by atoms with Crippen LogP contribution in [0.5, 0.6) is 5.75 Å². The van der Waals surface area contributed by atoms with Crippen molar-refractivity contribution in [3.63, 3.8) is 0 Å². The number of rotatable bonds is 5. The smallest absolute Gasteiger partial charge is 0.154 e. The number of aromatic hydroxyl groups is 1. The third kappa shape index (κ3) is 2.94. The molecule has 1 aliphatic carbocycles. The fourth-order valence-corrected chi connectivity index (χ4v) is 3.40. The van der Waals surface area contributed by atoms with Gasteiger partial charge in [-0.25, -0.2) is 8.42 Å². The van der Waals surface area contributed by atoms with E-state index in [1.807, 2.05) is 12.1 Å². The first-order valence-corrected chi connectivity index (χ1v) is 8.82. The van der Waals surface area contributed by atoms with Crippen LogP contribution in [0.1, 0.15) is 55.4 Å². The standard InChI is InChI=1S/C15H22O3S/c1-4-12(11-8-9-11)14-7-5-6-13(15(14)16)10(2)19(3,17)18/h5-7,10-12,16H,4,8-9H2,1-3H3. The molecule has 2 rings (SSSR count). The van der Waals surface area contributed by atoms with E-state index in [0.29, 0.717) is 17.4 Å². The highest BCUT2D eigenvalue weighted by Gasteiger charge is 2.33. The van der Waals surface area contributed by atoms with Crippen molar-refractivity contribution in [2.24, 2.45) is 5.92 Å². The highest BCUT2D eigenvalue weighted by atomic mass is 32.2. The molecule has 1 aliphatic rings. The van der Waals surface area contributed by atoms with Crippen molar-refractivity contribution in [2.45, 2.75) is 44.3 Å². The predicted octanol–water partition coefficient (Wildman–Crippen LogP) is 3.40. The highest BCUT2D eigenvalue weighted by Crippen LogP contribution is 2.48. The van der Waals surface area contributed by atoms with Gasteiger partial charge in [-0.15, -0.1) is 0 Å². The molecule has 106 valence electrons. The van der Waals surface area contributed by atoms with E-state index in [-0.39, 0.29) is 5.75 Å². The topological polar surface area (TPSA) is 54.4 Å². The maximum absolute atomic E-state index is 11.7. The van der Waals surface area contributed by atoms with Crippen molar-refractivity contribution >= 4 is 9.84 Å². The van der Waals surface area contributed by atoms with Gasteiger partial charge in [0.05, 0.1) is 5.25 Å². The quantitative estimate of drug-likeness (QED) is 0.900. The molecule has 1 N–H and O–H groups in total. The Labute approximate surface area is 115 Å². The second-order valence-electron chi connectivity index (χ2n) is 5.61. The summed E-state index contributed by atoms with van der Waals surface area (Å²) in [7, 11) is -3.19. The first kappa shape index (κ1) is 14.4. The van der Waals surface area contributed by atoms with Crippen molar-refractivity contribution < 1.29 is 13.5 Å². The van der Waals surface area contributed by atoms with E-state index in [4.69, 9.17) is 0 Å². The second kappa shape index (κ2) is 5.16. The molecule has 1 saturated carbocycles. The van der Waals surface area contributed by atoms with Crippen molar-refractivity contribution in [2.75, 3.05) is 6.26 Å². The molecule has 19 heavy (non-hydrogen) atoms. The Morgan fingerprint density at radius 1 is 1.32 bits per heavy atom. The summed E-state index contributed by atoms with van der Waals surface area (Å²) in [6.45, 7) is 3.75. The maximum Gasteiger partial charge on any atom is 0.154 e. The van der Waals surface area contributed by atoms with Crippen LogP contribution >= 0.6 is 0 Å². The lowest BCUT2D eigenvalue weighted by atomic mass is 9.89. The molecule has 0 amide bonds.